The number of amides is 1. The number of hydrogen-bond donors (Lipinski definition) is 1. The highest BCUT2D eigenvalue weighted by Gasteiger charge is 2.30. The Morgan fingerprint density at radius 3 is 2.33 bits per heavy atom. The van der Waals surface area contributed by atoms with Gasteiger partial charge in [0.05, 0.1) is 5.75 Å². The van der Waals surface area contributed by atoms with Crippen molar-refractivity contribution in [3.8, 4) is 0 Å². The van der Waals surface area contributed by atoms with Gasteiger partial charge in [0.25, 0.3) is 0 Å². The Hall–Kier alpha value is -2.61. The second-order valence-electron chi connectivity index (χ2n) is 9.97. The van der Waals surface area contributed by atoms with Gasteiger partial charge in [-0.25, -0.2) is 4.99 Å². The van der Waals surface area contributed by atoms with Crippen molar-refractivity contribution < 1.29 is 4.79 Å². The summed E-state index contributed by atoms with van der Waals surface area (Å²) in [6.07, 6.45) is 5.37. The Bertz CT molecular complexity index is 1410. The summed E-state index contributed by atoms with van der Waals surface area (Å²) in [6.45, 7) is 4.10. The van der Waals surface area contributed by atoms with Gasteiger partial charge in [-0.1, -0.05) is 86.1 Å². The van der Waals surface area contributed by atoms with Crippen LogP contribution in [0.2, 0.25) is 0 Å². The standard InChI is InChI=1S/C32H31Br2N3OS/c1-21(2)37(27-8-4-3-5-9-27)29(38)20-39-32-35-30(23-13-17-26(34)18-14-23)28-10-6-7-24(31(28)36-32)19-22-11-15-25(33)16-12-22/h3-5,8-9,11-19,21,30H,6-7,10,20H2,1-2H3,(H,35,36)/b24-19+/t30-/m1/s1. The van der Waals surface area contributed by atoms with Gasteiger partial charge in [-0.15, -0.1) is 0 Å². The summed E-state index contributed by atoms with van der Waals surface area (Å²) >= 11 is 8.59. The van der Waals surface area contributed by atoms with Gasteiger partial charge in [-0.2, -0.15) is 0 Å². The zero-order chi connectivity index (χ0) is 27.4. The number of hydrogen-bond acceptors (Lipinski definition) is 4. The molecule has 1 aliphatic carbocycles. The molecule has 5 rings (SSSR count). The Morgan fingerprint density at radius 2 is 1.67 bits per heavy atom. The third kappa shape index (κ3) is 6.76. The Morgan fingerprint density at radius 1 is 1.00 bits per heavy atom. The molecule has 1 heterocycles. The summed E-state index contributed by atoms with van der Waals surface area (Å²) in [7, 11) is 0. The van der Waals surface area contributed by atoms with Gasteiger partial charge in [-0.05, 0) is 97.9 Å². The third-order valence-electron chi connectivity index (χ3n) is 6.89. The minimum absolute atomic E-state index is 0.0605. The second kappa shape index (κ2) is 12.7. The number of carbonyl (C=O) groups excluding carboxylic acids is 1. The Balaban J connectivity index is 1.44. The number of rotatable bonds is 6. The van der Waals surface area contributed by atoms with Crippen LogP contribution in [-0.4, -0.2) is 22.9 Å². The number of amidine groups is 1. The molecule has 1 atom stereocenters. The number of allylic oxidation sites excluding steroid dienone is 1. The van der Waals surface area contributed by atoms with E-state index in [1.54, 1.807) is 0 Å². The van der Waals surface area contributed by atoms with Crippen molar-refractivity contribution in [2.75, 3.05) is 10.7 Å². The molecule has 200 valence electrons. The summed E-state index contributed by atoms with van der Waals surface area (Å²) in [6, 6.07) is 26.7. The van der Waals surface area contributed by atoms with Crippen LogP contribution >= 0.6 is 43.6 Å². The number of nitrogens with one attached hydrogen (secondary N) is 1. The lowest BCUT2D eigenvalue weighted by atomic mass is 9.84. The number of halogens is 2. The van der Waals surface area contributed by atoms with Crippen molar-refractivity contribution in [3.63, 3.8) is 0 Å². The molecule has 1 aliphatic heterocycles. The average Bonchev–Trinajstić information content (AvgIpc) is 2.94. The van der Waals surface area contributed by atoms with Crippen molar-refractivity contribution in [2.45, 2.75) is 45.2 Å². The summed E-state index contributed by atoms with van der Waals surface area (Å²) in [4.78, 5) is 20.4. The highest BCUT2D eigenvalue weighted by atomic mass is 79.9. The van der Waals surface area contributed by atoms with Crippen LogP contribution in [0.5, 0.6) is 0 Å². The van der Waals surface area contributed by atoms with E-state index in [4.69, 9.17) is 4.99 Å². The number of anilines is 1. The summed E-state index contributed by atoms with van der Waals surface area (Å²) in [5.41, 5.74) is 7.01. The third-order valence-corrected chi connectivity index (χ3v) is 8.82. The molecule has 3 aromatic rings. The highest BCUT2D eigenvalue weighted by molar-refractivity contribution is 9.10. The van der Waals surface area contributed by atoms with Crippen LogP contribution in [0.25, 0.3) is 6.08 Å². The second-order valence-corrected chi connectivity index (χ2v) is 12.8. The molecule has 0 spiro atoms. The summed E-state index contributed by atoms with van der Waals surface area (Å²) < 4.78 is 2.12. The molecule has 0 saturated heterocycles. The largest absolute Gasteiger partial charge is 0.335 e. The molecule has 1 N–H and O–H groups in total. The fourth-order valence-electron chi connectivity index (χ4n) is 5.11. The van der Waals surface area contributed by atoms with Gasteiger partial charge in [0, 0.05) is 26.4 Å². The number of nitrogens with zero attached hydrogens (tertiary/aromatic N) is 2. The van der Waals surface area contributed by atoms with Gasteiger partial charge < -0.3 is 10.2 Å². The molecule has 3 aromatic carbocycles. The monoisotopic (exact) mass is 663 g/mol. The number of carbonyl (C=O) groups is 1. The quantitative estimate of drug-likeness (QED) is 0.286. The first-order valence-electron chi connectivity index (χ1n) is 13.2. The molecule has 0 fully saturated rings. The minimum Gasteiger partial charge on any atom is -0.335 e. The Kier molecular flexibility index (Phi) is 9.10. The summed E-state index contributed by atoms with van der Waals surface area (Å²) in [5, 5.41) is 4.43. The van der Waals surface area contributed by atoms with E-state index in [9.17, 15) is 4.79 Å². The van der Waals surface area contributed by atoms with Crippen LogP contribution < -0.4 is 10.2 Å². The highest BCUT2D eigenvalue weighted by Crippen LogP contribution is 2.42. The van der Waals surface area contributed by atoms with Crippen LogP contribution in [0.15, 0.2) is 110 Å². The normalized spacial score (nSPS) is 18.0. The Labute approximate surface area is 251 Å². The van der Waals surface area contributed by atoms with Gasteiger partial charge >= 0.3 is 0 Å². The van der Waals surface area contributed by atoms with Crippen molar-refractivity contribution in [1.82, 2.24) is 5.32 Å². The number of aliphatic imine (C=N–C) groups is 1. The average molecular weight is 665 g/mol. The molecule has 0 aromatic heterocycles. The molecule has 0 bridgehead atoms. The zero-order valence-electron chi connectivity index (χ0n) is 22.0. The molecule has 1 amide bonds. The van der Waals surface area contributed by atoms with Crippen molar-refractivity contribution in [3.05, 3.63) is 116 Å². The predicted molar refractivity (Wildman–Crippen MR) is 172 cm³/mol. The number of thioether (sulfide) groups is 1. The van der Waals surface area contributed by atoms with Crippen molar-refractivity contribution >= 4 is 66.5 Å². The molecule has 0 unspecified atom stereocenters. The minimum atomic E-state index is -0.0732. The summed E-state index contributed by atoms with van der Waals surface area (Å²) in [5.74, 6) is 0.375. The van der Waals surface area contributed by atoms with E-state index in [1.807, 2.05) is 49.1 Å². The van der Waals surface area contributed by atoms with E-state index in [0.717, 1.165) is 50.3 Å². The topological polar surface area (TPSA) is 44.7 Å². The lowest BCUT2D eigenvalue weighted by Gasteiger charge is -2.33. The fourth-order valence-corrected chi connectivity index (χ4v) is 6.39. The van der Waals surface area contributed by atoms with E-state index in [0.29, 0.717) is 5.75 Å². The van der Waals surface area contributed by atoms with E-state index < -0.39 is 0 Å². The van der Waals surface area contributed by atoms with Gasteiger partial charge in [0.15, 0.2) is 5.17 Å². The van der Waals surface area contributed by atoms with Crippen LogP contribution in [0, 0.1) is 0 Å². The first-order chi connectivity index (χ1) is 18.9. The van der Waals surface area contributed by atoms with Crippen LogP contribution in [0.4, 0.5) is 5.69 Å². The van der Waals surface area contributed by atoms with Crippen LogP contribution in [-0.2, 0) is 4.79 Å². The molecule has 0 radical (unpaired) electrons. The van der Waals surface area contributed by atoms with E-state index in [2.05, 4.69) is 91.8 Å². The molecule has 0 saturated carbocycles. The maximum atomic E-state index is 13.4. The van der Waals surface area contributed by atoms with Crippen LogP contribution in [0.1, 0.15) is 50.3 Å². The molecule has 2 aliphatic rings. The lowest BCUT2D eigenvalue weighted by Crippen LogP contribution is -2.39. The first kappa shape index (κ1) is 27.9. The van der Waals surface area contributed by atoms with E-state index >= 15 is 0 Å². The smallest absolute Gasteiger partial charge is 0.237 e. The zero-order valence-corrected chi connectivity index (χ0v) is 26.0. The molecule has 39 heavy (non-hydrogen) atoms. The fraction of sp³-hybridized carbons (Fsp3) is 0.250. The lowest BCUT2D eigenvalue weighted by molar-refractivity contribution is -0.116. The van der Waals surface area contributed by atoms with Gasteiger partial charge in [0.2, 0.25) is 5.91 Å². The molecule has 7 heteroatoms. The molecular weight excluding hydrogens is 634 g/mol. The van der Waals surface area contributed by atoms with Crippen molar-refractivity contribution in [1.29, 1.82) is 0 Å². The SMILES string of the molecule is CC(C)N(C(=O)CSC1=N[C@H](c2ccc(Br)cc2)C2=C(N1)/C(=C/c1ccc(Br)cc1)CCC2)c1ccccc1. The molecule has 4 nitrogen and oxygen atoms in total. The number of benzene rings is 3. The van der Waals surface area contributed by atoms with E-state index in [1.165, 1.54) is 28.5 Å². The predicted octanol–water partition coefficient (Wildman–Crippen LogP) is 8.91. The van der Waals surface area contributed by atoms with Crippen LogP contribution in [0.3, 0.4) is 0 Å². The van der Waals surface area contributed by atoms with E-state index in [-0.39, 0.29) is 18.0 Å². The van der Waals surface area contributed by atoms with Crippen molar-refractivity contribution in [2.24, 2.45) is 4.99 Å². The number of para-hydroxylation sites is 1. The van der Waals surface area contributed by atoms with Gasteiger partial charge in [-0.3, -0.25) is 4.79 Å². The maximum Gasteiger partial charge on any atom is 0.237 e. The first-order valence-corrected chi connectivity index (χ1v) is 15.8. The maximum absolute atomic E-state index is 13.4. The molecular formula is C32H31Br2N3OS. The van der Waals surface area contributed by atoms with Gasteiger partial charge in [0.1, 0.15) is 6.04 Å².